The van der Waals surface area contributed by atoms with Gasteiger partial charge in [0.25, 0.3) is 0 Å². The molecule has 1 aromatic rings. The minimum atomic E-state index is -0.606. The van der Waals surface area contributed by atoms with Gasteiger partial charge in [0.2, 0.25) is 0 Å². The highest BCUT2D eigenvalue weighted by Crippen LogP contribution is 2.33. The quantitative estimate of drug-likeness (QED) is 0.888. The molecule has 0 aliphatic rings. The van der Waals surface area contributed by atoms with Crippen LogP contribution in [0.15, 0.2) is 18.2 Å². The van der Waals surface area contributed by atoms with Crippen LogP contribution in [0.5, 0.6) is 0 Å². The van der Waals surface area contributed by atoms with Crippen LogP contribution in [0.25, 0.3) is 0 Å². The topological polar surface area (TPSA) is 58.6 Å². The minimum Gasteiger partial charge on any atom is -0.444 e. The number of hydrogen-bond acceptors (Lipinski definition) is 3. The fourth-order valence-electron chi connectivity index (χ4n) is 2.01. The maximum atomic E-state index is 13.5. The molecule has 1 aromatic carbocycles. The molecule has 4 nitrogen and oxygen atoms in total. The molecule has 5 heteroatoms. The Morgan fingerprint density at radius 3 is 2.43 bits per heavy atom. The van der Waals surface area contributed by atoms with E-state index in [0.717, 1.165) is 0 Å². The summed E-state index contributed by atoms with van der Waals surface area (Å²) in [7, 11) is 0. The van der Waals surface area contributed by atoms with E-state index in [9.17, 15) is 9.18 Å². The van der Waals surface area contributed by atoms with Crippen LogP contribution >= 0.6 is 0 Å². The Kier molecular flexibility index (Phi) is 5.34. The molecule has 118 valence electrons. The van der Waals surface area contributed by atoms with E-state index in [4.69, 9.17) is 9.84 Å². The van der Waals surface area contributed by atoms with E-state index in [1.807, 2.05) is 13.8 Å². The molecule has 0 atom stereocenters. The van der Waals surface area contributed by atoms with Crippen molar-refractivity contribution in [2.75, 3.05) is 11.9 Å². The number of ether oxygens (including phenoxy) is 1. The lowest BCUT2D eigenvalue weighted by molar-refractivity contribution is 0.0635. The second-order valence-corrected chi connectivity index (χ2v) is 6.67. The predicted octanol–water partition coefficient (Wildman–Crippen LogP) is 3.83. The minimum absolute atomic E-state index is 0.0185. The van der Waals surface area contributed by atoms with Gasteiger partial charge in [0.1, 0.15) is 11.4 Å². The maximum Gasteiger partial charge on any atom is 0.412 e. The van der Waals surface area contributed by atoms with Crippen LogP contribution < -0.4 is 5.32 Å². The first-order valence-corrected chi connectivity index (χ1v) is 6.96. The number of aliphatic hydroxyl groups is 1. The third-order valence-electron chi connectivity index (χ3n) is 3.08. The van der Waals surface area contributed by atoms with Gasteiger partial charge in [-0.3, -0.25) is 5.32 Å². The second kappa shape index (κ2) is 6.43. The Labute approximate surface area is 125 Å². The third-order valence-corrected chi connectivity index (χ3v) is 3.08. The van der Waals surface area contributed by atoms with E-state index < -0.39 is 17.1 Å². The van der Waals surface area contributed by atoms with Crippen molar-refractivity contribution in [1.82, 2.24) is 0 Å². The van der Waals surface area contributed by atoms with Gasteiger partial charge in [-0.1, -0.05) is 13.8 Å². The number of rotatable bonds is 4. The Balaban J connectivity index is 3.05. The number of nitrogens with one attached hydrogen (secondary N) is 1. The number of carbonyl (C=O) groups is 1. The molecular weight excluding hydrogens is 273 g/mol. The summed E-state index contributed by atoms with van der Waals surface area (Å²) in [5, 5.41) is 11.8. The van der Waals surface area contributed by atoms with Gasteiger partial charge in [-0.25, -0.2) is 9.18 Å². The van der Waals surface area contributed by atoms with E-state index in [1.54, 1.807) is 20.8 Å². The average Bonchev–Trinajstić information content (AvgIpc) is 2.28. The molecule has 0 spiro atoms. The van der Waals surface area contributed by atoms with Gasteiger partial charge in [-0.05, 0) is 56.4 Å². The van der Waals surface area contributed by atoms with Gasteiger partial charge in [0.05, 0.1) is 0 Å². The molecule has 0 aliphatic heterocycles. The normalized spacial score (nSPS) is 12.1. The van der Waals surface area contributed by atoms with E-state index >= 15 is 0 Å². The lowest BCUT2D eigenvalue weighted by atomic mass is 9.81. The summed E-state index contributed by atoms with van der Waals surface area (Å²) in [6.45, 7) is 9.07. The van der Waals surface area contributed by atoms with Crippen LogP contribution in [0.3, 0.4) is 0 Å². The van der Waals surface area contributed by atoms with Gasteiger partial charge in [0.15, 0.2) is 0 Å². The van der Waals surface area contributed by atoms with Gasteiger partial charge < -0.3 is 9.84 Å². The number of carbonyl (C=O) groups excluding carboxylic acids is 1. The third kappa shape index (κ3) is 5.34. The molecular formula is C16H24FNO3. The fourth-order valence-corrected chi connectivity index (χ4v) is 2.01. The molecule has 0 radical (unpaired) electrons. The first-order chi connectivity index (χ1) is 9.55. The van der Waals surface area contributed by atoms with Crippen LogP contribution in [-0.4, -0.2) is 23.4 Å². The van der Waals surface area contributed by atoms with E-state index in [1.165, 1.54) is 18.2 Å². The van der Waals surface area contributed by atoms with Crippen molar-refractivity contribution in [3.63, 3.8) is 0 Å². The number of halogens is 1. The molecule has 0 aliphatic carbocycles. The molecule has 1 amide bonds. The van der Waals surface area contributed by atoms with Crippen molar-refractivity contribution in [3.8, 4) is 0 Å². The van der Waals surface area contributed by atoms with E-state index in [0.29, 0.717) is 17.7 Å². The van der Waals surface area contributed by atoms with Gasteiger partial charge >= 0.3 is 6.09 Å². The van der Waals surface area contributed by atoms with Crippen molar-refractivity contribution < 1.29 is 19.0 Å². The Morgan fingerprint density at radius 1 is 1.29 bits per heavy atom. The van der Waals surface area contributed by atoms with Gasteiger partial charge in [0, 0.05) is 12.3 Å². The van der Waals surface area contributed by atoms with Crippen LogP contribution in [0.4, 0.5) is 14.9 Å². The largest absolute Gasteiger partial charge is 0.444 e. The summed E-state index contributed by atoms with van der Waals surface area (Å²) in [5.41, 5.74) is 0.0398. The zero-order valence-electron chi connectivity index (χ0n) is 13.3. The van der Waals surface area contributed by atoms with Crippen LogP contribution in [0.2, 0.25) is 0 Å². The number of hydrogen-bond donors (Lipinski definition) is 2. The summed E-state index contributed by atoms with van der Waals surface area (Å²) < 4.78 is 18.7. The van der Waals surface area contributed by atoms with Crippen molar-refractivity contribution in [2.24, 2.45) is 0 Å². The molecule has 0 heterocycles. The lowest BCUT2D eigenvalue weighted by Crippen LogP contribution is -2.29. The van der Waals surface area contributed by atoms with Crippen molar-refractivity contribution in [3.05, 3.63) is 29.6 Å². The number of aliphatic hydroxyl groups excluding tert-OH is 1. The molecule has 0 aromatic heterocycles. The highest BCUT2D eigenvalue weighted by molar-refractivity contribution is 5.86. The molecule has 1 rings (SSSR count). The van der Waals surface area contributed by atoms with E-state index in [2.05, 4.69) is 5.32 Å². The first kappa shape index (κ1) is 17.4. The molecule has 0 saturated carbocycles. The fraction of sp³-hybridized carbons (Fsp3) is 0.562. The summed E-state index contributed by atoms with van der Waals surface area (Å²) in [6.07, 6.45) is -0.130. The predicted molar refractivity (Wildman–Crippen MR) is 81.0 cm³/mol. The molecule has 0 fully saturated rings. The second-order valence-electron chi connectivity index (χ2n) is 6.67. The highest BCUT2D eigenvalue weighted by Gasteiger charge is 2.25. The highest BCUT2D eigenvalue weighted by atomic mass is 19.1. The summed E-state index contributed by atoms with van der Waals surface area (Å²) in [6, 6.07) is 4.17. The van der Waals surface area contributed by atoms with Crippen LogP contribution in [-0.2, 0) is 10.2 Å². The molecule has 21 heavy (non-hydrogen) atoms. The van der Waals surface area contributed by atoms with E-state index in [-0.39, 0.29) is 12.4 Å². The first-order valence-electron chi connectivity index (χ1n) is 6.96. The molecule has 0 unspecified atom stereocenters. The molecule has 0 saturated heterocycles. The zero-order chi connectivity index (χ0) is 16.3. The number of amides is 1. The number of benzene rings is 1. The van der Waals surface area contributed by atoms with Gasteiger partial charge in [-0.2, -0.15) is 0 Å². The van der Waals surface area contributed by atoms with Crippen molar-refractivity contribution >= 4 is 11.8 Å². The molecule has 2 N–H and O–H groups in total. The average molecular weight is 297 g/mol. The Hall–Kier alpha value is -1.62. The number of anilines is 1. The monoisotopic (exact) mass is 297 g/mol. The van der Waals surface area contributed by atoms with Crippen LogP contribution in [0.1, 0.15) is 46.6 Å². The standard InChI is InChI=1S/C16H24FNO3/c1-15(2,3)21-14(20)18-13-7-6-11(17)10-12(13)16(4,5)8-9-19/h6-7,10,19H,8-9H2,1-5H3,(H,18,20). The Morgan fingerprint density at radius 2 is 1.90 bits per heavy atom. The summed E-state index contributed by atoms with van der Waals surface area (Å²) in [5.74, 6) is -0.384. The molecule has 0 bridgehead atoms. The lowest BCUT2D eigenvalue weighted by Gasteiger charge is -2.28. The Bertz CT molecular complexity index is 507. The smallest absolute Gasteiger partial charge is 0.412 e. The van der Waals surface area contributed by atoms with Crippen molar-refractivity contribution in [1.29, 1.82) is 0 Å². The maximum absolute atomic E-state index is 13.5. The zero-order valence-corrected chi connectivity index (χ0v) is 13.3. The summed E-state index contributed by atoms with van der Waals surface area (Å²) >= 11 is 0. The van der Waals surface area contributed by atoms with Crippen LogP contribution in [0, 0.1) is 5.82 Å². The SMILES string of the molecule is CC(C)(C)OC(=O)Nc1ccc(F)cc1C(C)(C)CCO. The summed E-state index contributed by atoms with van der Waals surface area (Å²) in [4.78, 5) is 11.9. The van der Waals surface area contributed by atoms with Crippen molar-refractivity contribution in [2.45, 2.75) is 52.1 Å². The van der Waals surface area contributed by atoms with Gasteiger partial charge in [-0.15, -0.1) is 0 Å².